The molecule has 1 aliphatic carbocycles. The maximum atomic E-state index is 10.4. The van der Waals surface area contributed by atoms with E-state index in [-0.39, 0.29) is 17.6 Å². The van der Waals surface area contributed by atoms with E-state index in [2.05, 4.69) is 30.9 Å². The van der Waals surface area contributed by atoms with E-state index in [1.54, 1.807) is 7.11 Å². The van der Waals surface area contributed by atoms with Crippen LogP contribution in [-0.4, -0.2) is 55.6 Å². The number of piperidine rings is 1. The summed E-state index contributed by atoms with van der Waals surface area (Å²) in [6, 6.07) is 4.37. The average molecular weight is 348 g/mol. The van der Waals surface area contributed by atoms with E-state index < -0.39 is 0 Å². The van der Waals surface area contributed by atoms with Gasteiger partial charge in [-0.15, -0.1) is 0 Å². The van der Waals surface area contributed by atoms with Gasteiger partial charge in [0.25, 0.3) is 0 Å². The maximum absolute atomic E-state index is 10.4. The second-order valence-electron chi connectivity index (χ2n) is 7.66. The maximum Gasteiger partial charge on any atom is 0.122 e. The molecule has 2 aliphatic rings. The van der Waals surface area contributed by atoms with Crippen LogP contribution in [0.3, 0.4) is 0 Å². The Hall–Kier alpha value is -1.14. The molecule has 0 aromatic heterocycles. The SMILES string of the molecule is COc1cc(C)c(CN2CCC3(CC2)[C@H](O)C[C@@H]3OCCN)cc1C. The monoisotopic (exact) mass is 348 g/mol. The van der Waals surface area contributed by atoms with E-state index in [4.69, 9.17) is 15.2 Å². The van der Waals surface area contributed by atoms with Crippen LogP contribution in [0.25, 0.3) is 0 Å². The Bertz CT molecular complexity index is 597. The van der Waals surface area contributed by atoms with Crippen molar-refractivity contribution in [3.8, 4) is 5.75 Å². The van der Waals surface area contributed by atoms with Crippen molar-refractivity contribution in [3.05, 3.63) is 28.8 Å². The number of ether oxygens (including phenoxy) is 2. The molecule has 1 spiro atoms. The minimum atomic E-state index is -0.220. The molecule has 1 aliphatic heterocycles. The highest BCUT2D eigenvalue weighted by atomic mass is 16.5. The Labute approximate surface area is 151 Å². The Morgan fingerprint density at radius 1 is 1.24 bits per heavy atom. The smallest absolute Gasteiger partial charge is 0.122 e. The van der Waals surface area contributed by atoms with E-state index in [9.17, 15) is 5.11 Å². The molecule has 2 fully saturated rings. The fourth-order valence-electron chi connectivity index (χ4n) is 4.43. The van der Waals surface area contributed by atoms with Crippen molar-refractivity contribution in [1.82, 2.24) is 4.90 Å². The molecule has 1 aromatic rings. The van der Waals surface area contributed by atoms with Crippen LogP contribution in [0, 0.1) is 19.3 Å². The normalized spacial score (nSPS) is 25.8. The van der Waals surface area contributed by atoms with Gasteiger partial charge in [-0.2, -0.15) is 0 Å². The molecule has 1 heterocycles. The van der Waals surface area contributed by atoms with Gasteiger partial charge < -0.3 is 20.3 Å². The molecule has 140 valence electrons. The van der Waals surface area contributed by atoms with Gasteiger partial charge in [-0.05, 0) is 62.5 Å². The molecule has 1 saturated carbocycles. The fraction of sp³-hybridized carbons (Fsp3) is 0.700. The van der Waals surface area contributed by atoms with Crippen LogP contribution < -0.4 is 10.5 Å². The summed E-state index contributed by atoms with van der Waals surface area (Å²) in [7, 11) is 1.72. The Morgan fingerprint density at radius 3 is 2.56 bits per heavy atom. The van der Waals surface area contributed by atoms with E-state index in [0.29, 0.717) is 13.2 Å². The number of hydrogen-bond donors (Lipinski definition) is 2. The zero-order valence-electron chi connectivity index (χ0n) is 15.8. The molecular weight excluding hydrogens is 316 g/mol. The summed E-state index contributed by atoms with van der Waals surface area (Å²) in [6.07, 6.45) is 2.71. The van der Waals surface area contributed by atoms with E-state index in [1.807, 2.05) is 0 Å². The first-order valence-electron chi connectivity index (χ1n) is 9.36. The molecule has 1 saturated heterocycles. The Morgan fingerprint density at radius 2 is 1.96 bits per heavy atom. The minimum absolute atomic E-state index is 0.0451. The number of methoxy groups -OCH3 is 1. The first-order chi connectivity index (χ1) is 12.0. The lowest BCUT2D eigenvalue weighted by molar-refractivity contribution is -0.210. The van der Waals surface area contributed by atoms with E-state index >= 15 is 0 Å². The standard InChI is InChI=1S/C20H32N2O3/c1-14-11-17(24-3)15(2)10-16(14)13-22-7-4-20(5-8-22)18(23)12-19(20)25-9-6-21/h10-11,18-19,23H,4-9,12-13,21H2,1-3H3/t18-,19+/m1/s1. The lowest BCUT2D eigenvalue weighted by Crippen LogP contribution is -2.62. The minimum Gasteiger partial charge on any atom is -0.496 e. The average Bonchev–Trinajstić information content (AvgIpc) is 2.61. The zero-order valence-corrected chi connectivity index (χ0v) is 15.8. The largest absolute Gasteiger partial charge is 0.496 e. The van der Waals surface area contributed by atoms with Gasteiger partial charge in [-0.3, -0.25) is 4.90 Å². The molecule has 5 nitrogen and oxygen atoms in total. The van der Waals surface area contributed by atoms with E-state index in [1.165, 1.54) is 16.7 Å². The number of likely N-dealkylation sites (tertiary alicyclic amines) is 1. The highest BCUT2D eigenvalue weighted by molar-refractivity contribution is 5.41. The summed E-state index contributed by atoms with van der Waals surface area (Å²) < 4.78 is 11.3. The number of rotatable bonds is 6. The molecule has 0 bridgehead atoms. The molecular formula is C20H32N2O3. The van der Waals surface area contributed by atoms with Gasteiger partial charge in [0.1, 0.15) is 5.75 Å². The summed E-state index contributed by atoms with van der Waals surface area (Å²) in [6.45, 7) is 8.34. The Balaban J connectivity index is 1.60. The third-order valence-corrected chi connectivity index (χ3v) is 6.21. The van der Waals surface area contributed by atoms with Crippen LogP contribution in [0.15, 0.2) is 12.1 Å². The predicted octanol–water partition coefficient (Wildman–Crippen LogP) is 2.00. The number of hydrogen-bond acceptors (Lipinski definition) is 5. The van der Waals surface area contributed by atoms with Crippen molar-refractivity contribution in [1.29, 1.82) is 0 Å². The van der Waals surface area contributed by atoms with Gasteiger partial charge in [0.15, 0.2) is 0 Å². The predicted molar refractivity (Wildman–Crippen MR) is 98.8 cm³/mol. The molecule has 0 amide bonds. The van der Waals surface area contributed by atoms with Crippen LogP contribution in [0.4, 0.5) is 0 Å². The highest BCUT2D eigenvalue weighted by Crippen LogP contribution is 2.51. The van der Waals surface area contributed by atoms with E-state index in [0.717, 1.165) is 44.6 Å². The number of nitrogens with zero attached hydrogens (tertiary/aromatic N) is 1. The van der Waals surface area contributed by atoms with Crippen LogP contribution in [-0.2, 0) is 11.3 Å². The summed E-state index contributed by atoms with van der Waals surface area (Å²) in [5, 5.41) is 10.4. The topological polar surface area (TPSA) is 68.0 Å². The number of aliphatic hydroxyl groups excluding tert-OH is 1. The number of benzene rings is 1. The van der Waals surface area contributed by atoms with Gasteiger partial charge >= 0.3 is 0 Å². The van der Waals surface area contributed by atoms with Gasteiger partial charge in [-0.25, -0.2) is 0 Å². The molecule has 0 unspecified atom stereocenters. The fourth-order valence-corrected chi connectivity index (χ4v) is 4.43. The molecule has 1 aromatic carbocycles. The quantitative estimate of drug-likeness (QED) is 0.823. The third kappa shape index (κ3) is 3.56. The van der Waals surface area contributed by atoms with Crippen molar-refractivity contribution < 1.29 is 14.6 Å². The molecule has 5 heteroatoms. The van der Waals surface area contributed by atoms with Crippen molar-refractivity contribution >= 4 is 0 Å². The number of aryl methyl sites for hydroxylation is 2. The second kappa shape index (κ2) is 7.62. The molecule has 3 N–H and O–H groups in total. The molecule has 2 atom stereocenters. The van der Waals surface area contributed by atoms with Crippen LogP contribution in [0.1, 0.15) is 36.0 Å². The van der Waals surface area contributed by atoms with Crippen LogP contribution in [0.5, 0.6) is 5.75 Å². The van der Waals surface area contributed by atoms with Gasteiger partial charge in [0, 0.05) is 24.9 Å². The summed E-state index contributed by atoms with van der Waals surface area (Å²) in [5.41, 5.74) is 9.33. The Kier molecular flexibility index (Phi) is 5.68. The first kappa shape index (κ1) is 18.6. The van der Waals surface area contributed by atoms with Gasteiger partial charge in [0.05, 0.1) is 25.9 Å². The summed E-state index contributed by atoms with van der Waals surface area (Å²) in [5.74, 6) is 0.955. The molecule has 25 heavy (non-hydrogen) atoms. The van der Waals surface area contributed by atoms with Gasteiger partial charge in [-0.1, -0.05) is 6.07 Å². The lowest BCUT2D eigenvalue weighted by Gasteiger charge is -2.56. The number of aliphatic hydroxyl groups is 1. The number of nitrogens with two attached hydrogens (primary N) is 1. The summed E-state index contributed by atoms with van der Waals surface area (Å²) >= 11 is 0. The van der Waals surface area contributed by atoms with Crippen molar-refractivity contribution in [2.75, 3.05) is 33.4 Å². The van der Waals surface area contributed by atoms with Crippen molar-refractivity contribution in [2.45, 2.75) is 51.9 Å². The van der Waals surface area contributed by atoms with Crippen molar-refractivity contribution in [2.24, 2.45) is 11.1 Å². The first-order valence-corrected chi connectivity index (χ1v) is 9.36. The third-order valence-electron chi connectivity index (χ3n) is 6.21. The molecule has 0 radical (unpaired) electrons. The highest BCUT2D eigenvalue weighted by Gasteiger charge is 2.55. The zero-order chi connectivity index (χ0) is 18.0. The van der Waals surface area contributed by atoms with Crippen LogP contribution >= 0.6 is 0 Å². The lowest BCUT2D eigenvalue weighted by atomic mass is 9.58. The second-order valence-corrected chi connectivity index (χ2v) is 7.66. The van der Waals surface area contributed by atoms with Gasteiger partial charge in [0.2, 0.25) is 0 Å². The van der Waals surface area contributed by atoms with Crippen LogP contribution in [0.2, 0.25) is 0 Å². The molecule has 3 rings (SSSR count). The summed E-state index contributed by atoms with van der Waals surface area (Å²) in [4.78, 5) is 2.49. The van der Waals surface area contributed by atoms with Crippen molar-refractivity contribution in [3.63, 3.8) is 0 Å².